The monoisotopic (exact) mass is 375 g/mol. The van der Waals surface area contributed by atoms with Crippen molar-refractivity contribution in [2.24, 2.45) is 0 Å². The van der Waals surface area contributed by atoms with Gasteiger partial charge in [-0.1, -0.05) is 12.1 Å². The zero-order valence-corrected chi connectivity index (χ0v) is 16.0. The number of hydrogen-bond donors (Lipinski definition) is 0. The second kappa shape index (κ2) is 7.26. The molecule has 0 saturated carbocycles. The number of benzene rings is 1. The summed E-state index contributed by atoms with van der Waals surface area (Å²) >= 11 is 0. The normalized spacial score (nSPS) is 17.4. The van der Waals surface area contributed by atoms with E-state index in [2.05, 4.69) is 19.3 Å². The van der Waals surface area contributed by atoms with Crippen LogP contribution in [0.3, 0.4) is 0 Å². The number of imidazole rings is 1. The Hall–Kier alpha value is -2.89. The third-order valence-corrected chi connectivity index (χ3v) is 5.86. The molecular weight excluding hydrogens is 350 g/mol. The van der Waals surface area contributed by atoms with Gasteiger partial charge in [0.15, 0.2) is 11.5 Å². The van der Waals surface area contributed by atoms with Crippen molar-refractivity contribution >= 4 is 17.4 Å². The van der Waals surface area contributed by atoms with Crippen LogP contribution in [0.25, 0.3) is 16.9 Å². The van der Waals surface area contributed by atoms with E-state index in [4.69, 9.17) is 0 Å². The van der Waals surface area contributed by atoms with Crippen molar-refractivity contribution in [3.63, 3.8) is 0 Å². The van der Waals surface area contributed by atoms with Crippen LogP contribution in [0.1, 0.15) is 42.5 Å². The minimum atomic E-state index is 0.134. The molecule has 1 amide bonds. The van der Waals surface area contributed by atoms with E-state index in [-0.39, 0.29) is 5.91 Å². The smallest absolute Gasteiger partial charge is 0.253 e. The van der Waals surface area contributed by atoms with Crippen molar-refractivity contribution in [2.75, 3.05) is 31.1 Å². The van der Waals surface area contributed by atoms with E-state index in [9.17, 15) is 4.79 Å². The molecule has 2 fully saturated rings. The highest BCUT2D eigenvalue weighted by molar-refractivity contribution is 5.95. The molecule has 3 aromatic rings. The standard InChI is InChI=1S/C22H25N5O/c28-22(26-12-2-1-3-13-26)18-8-6-7-17(15-18)19-16-24-21-20(23-9-14-27(19)21)25-10-4-5-11-25/h6-9,14-16H,1-5,10-13H2. The average molecular weight is 375 g/mol. The van der Waals surface area contributed by atoms with Gasteiger partial charge in [-0.15, -0.1) is 0 Å². The van der Waals surface area contributed by atoms with Crippen molar-refractivity contribution in [3.05, 3.63) is 48.4 Å². The molecule has 0 spiro atoms. The Morgan fingerprint density at radius 2 is 1.71 bits per heavy atom. The van der Waals surface area contributed by atoms with Crippen LogP contribution in [0.5, 0.6) is 0 Å². The predicted molar refractivity (Wildman–Crippen MR) is 110 cm³/mol. The van der Waals surface area contributed by atoms with E-state index in [1.807, 2.05) is 47.8 Å². The van der Waals surface area contributed by atoms with E-state index in [0.29, 0.717) is 0 Å². The van der Waals surface area contributed by atoms with Crippen LogP contribution in [0.4, 0.5) is 5.82 Å². The first kappa shape index (κ1) is 17.2. The summed E-state index contributed by atoms with van der Waals surface area (Å²) in [7, 11) is 0. The van der Waals surface area contributed by atoms with Crippen molar-refractivity contribution in [1.29, 1.82) is 0 Å². The van der Waals surface area contributed by atoms with Gasteiger partial charge in [-0.05, 0) is 44.2 Å². The first-order valence-corrected chi connectivity index (χ1v) is 10.3. The van der Waals surface area contributed by atoms with Crippen LogP contribution in [-0.4, -0.2) is 51.4 Å². The van der Waals surface area contributed by atoms with Crippen LogP contribution >= 0.6 is 0 Å². The Kier molecular flexibility index (Phi) is 4.47. The zero-order chi connectivity index (χ0) is 18.9. The number of carbonyl (C=O) groups excluding carboxylic acids is 1. The van der Waals surface area contributed by atoms with Crippen LogP contribution in [0, 0.1) is 0 Å². The summed E-state index contributed by atoms with van der Waals surface area (Å²) in [6.07, 6.45) is 11.5. The van der Waals surface area contributed by atoms with Gasteiger partial charge in [-0.3, -0.25) is 9.20 Å². The van der Waals surface area contributed by atoms with Gasteiger partial charge < -0.3 is 9.80 Å². The molecule has 4 heterocycles. The van der Waals surface area contributed by atoms with Gasteiger partial charge in [0.05, 0.1) is 11.9 Å². The molecule has 0 unspecified atom stereocenters. The van der Waals surface area contributed by atoms with Gasteiger partial charge >= 0.3 is 0 Å². The van der Waals surface area contributed by atoms with Crippen molar-refractivity contribution in [1.82, 2.24) is 19.3 Å². The third-order valence-electron chi connectivity index (χ3n) is 5.86. The maximum atomic E-state index is 12.9. The second-order valence-corrected chi connectivity index (χ2v) is 7.72. The van der Waals surface area contributed by atoms with Crippen LogP contribution in [0.15, 0.2) is 42.9 Å². The largest absolute Gasteiger partial charge is 0.354 e. The molecule has 2 aliphatic heterocycles. The molecule has 2 aromatic heterocycles. The number of likely N-dealkylation sites (tertiary alicyclic amines) is 1. The van der Waals surface area contributed by atoms with E-state index in [1.165, 1.54) is 19.3 Å². The second-order valence-electron chi connectivity index (χ2n) is 7.72. The van der Waals surface area contributed by atoms with Gasteiger partial charge in [0.2, 0.25) is 0 Å². The van der Waals surface area contributed by atoms with E-state index in [1.54, 1.807) is 0 Å². The fourth-order valence-electron chi connectivity index (χ4n) is 4.36. The Bertz CT molecular complexity index is 999. The molecular formula is C22H25N5O. The Labute approximate surface area is 164 Å². The van der Waals surface area contributed by atoms with Crippen molar-refractivity contribution < 1.29 is 4.79 Å². The summed E-state index contributed by atoms with van der Waals surface area (Å²) < 4.78 is 2.09. The summed E-state index contributed by atoms with van der Waals surface area (Å²) in [5.41, 5.74) is 3.63. The Morgan fingerprint density at radius 1 is 0.929 bits per heavy atom. The quantitative estimate of drug-likeness (QED) is 0.702. The number of fused-ring (bicyclic) bond motifs is 1. The third kappa shape index (κ3) is 3.03. The molecule has 144 valence electrons. The van der Waals surface area contributed by atoms with Crippen LogP contribution < -0.4 is 4.90 Å². The lowest BCUT2D eigenvalue weighted by Gasteiger charge is -2.26. The van der Waals surface area contributed by atoms with Gasteiger partial charge in [-0.2, -0.15) is 0 Å². The molecule has 6 heteroatoms. The molecule has 0 aliphatic carbocycles. The average Bonchev–Trinajstić information content (AvgIpc) is 3.44. The topological polar surface area (TPSA) is 53.7 Å². The van der Waals surface area contributed by atoms with Crippen molar-refractivity contribution in [2.45, 2.75) is 32.1 Å². The summed E-state index contributed by atoms with van der Waals surface area (Å²) in [4.78, 5) is 26.4. The first-order valence-electron chi connectivity index (χ1n) is 10.3. The van der Waals surface area contributed by atoms with E-state index >= 15 is 0 Å². The lowest BCUT2D eigenvalue weighted by atomic mass is 10.1. The summed E-state index contributed by atoms with van der Waals surface area (Å²) in [6.45, 7) is 3.80. The molecule has 0 N–H and O–H groups in total. The number of hydrogen-bond acceptors (Lipinski definition) is 4. The Balaban J connectivity index is 1.50. The number of rotatable bonds is 3. The summed E-state index contributed by atoms with van der Waals surface area (Å²) in [5.74, 6) is 1.08. The number of piperidine rings is 1. The minimum absolute atomic E-state index is 0.134. The molecule has 0 bridgehead atoms. The van der Waals surface area contributed by atoms with Crippen molar-refractivity contribution in [3.8, 4) is 11.3 Å². The van der Waals surface area contributed by atoms with Crippen LogP contribution in [0.2, 0.25) is 0 Å². The fraction of sp³-hybridized carbons (Fsp3) is 0.409. The number of anilines is 1. The number of nitrogens with zero attached hydrogens (tertiary/aromatic N) is 5. The summed E-state index contributed by atoms with van der Waals surface area (Å²) in [5, 5.41) is 0. The highest BCUT2D eigenvalue weighted by Gasteiger charge is 2.21. The SMILES string of the molecule is O=C(c1cccc(-c2cnc3c(N4CCCC4)nccn23)c1)N1CCCCC1. The maximum absolute atomic E-state index is 12.9. The summed E-state index contributed by atoms with van der Waals surface area (Å²) in [6, 6.07) is 7.93. The highest BCUT2D eigenvalue weighted by atomic mass is 16.2. The fourth-order valence-corrected chi connectivity index (χ4v) is 4.36. The Morgan fingerprint density at radius 3 is 2.54 bits per heavy atom. The molecule has 0 radical (unpaired) electrons. The molecule has 5 rings (SSSR count). The number of aromatic nitrogens is 3. The zero-order valence-electron chi connectivity index (χ0n) is 16.0. The molecule has 0 atom stereocenters. The molecule has 28 heavy (non-hydrogen) atoms. The van der Waals surface area contributed by atoms with Gasteiger partial charge in [0.25, 0.3) is 5.91 Å². The molecule has 2 saturated heterocycles. The molecule has 2 aliphatic rings. The first-order chi connectivity index (χ1) is 13.8. The van der Waals surface area contributed by atoms with Gasteiger partial charge in [0, 0.05) is 49.7 Å². The van der Waals surface area contributed by atoms with E-state index in [0.717, 1.165) is 67.3 Å². The van der Waals surface area contributed by atoms with Gasteiger partial charge in [-0.25, -0.2) is 9.97 Å². The maximum Gasteiger partial charge on any atom is 0.253 e. The van der Waals surface area contributed by atoms with Crippen LogP contribution in [-0.2, 0) is 0 Å². The number of carbonyl (C=O) groups is 1. The minimum Gasteiger partial charge on any atom is -0.354 e. The highest BCUT2D eigenvalue weighted by Crippen LogP contribution is 2.28. The lowest BCUT2D eigenvalue weighted by Crippen LogP contribution is -2.35. The number of amides is 1. The predicted octanol–water partition coefficient (Wildman–Crippen LogP) is 3.62. The lowest BCUT2D eigenvalue weighted by molar-refractivity contribution is 0.0724. The molecule has 6 nitrogen and oxygen atoms in total. The van der Waals surface area contributed by atoms with Gasteiger partial charge in [0.1, 0.15) is 0 Å². The van der Waals surface area contributed by atoms with E-state index < -0.39 is 0 Å². The molecule has 1 aromatic carbocycles.